The molecule has 14 heteroatoms. The number of alkyl halides is 4. The second-order valence-corrected chi connectivity index (χ2v) is 13.1. The Labute approximate surface area is 236 Å². The molecule has 10 nitrogen and oxygen atoms in total. The fraction of sp³-hybridized carbons (Fsp3) is 0.808. The molecule has 5 amide bonds. The van der Waals surface area contributed by atoms with Crippen LogP contribution in [0.1, 0.15) is 59.8 Å². The maximum Gasteiger partial charge on any atom is 0.291 e. The molecule has 2 saturated carbocycles. The minimum absolute atomic E-state index is 0.0173. The molecule has 4 rings (SSSR count). The van der Waals surface area contributed by atoms with Crippen molar-refractivity contribution in [3.05, 3.63) is 0 Å². The number of likely N-dealkylation sites (tertiary alicyclic amines) is 1. The fourth-order valence-electron chi connectivity index (χ4n) is 6.26. The first-order chi connectivity index (χ1) is 18.5. The SMILES string of the molecule is C[C@@H]1C[C@H](CN(NC(=O)[C@@H]2[C@H]3CCC[C@H]3CN2C(=O)[C@@H](NC(=O)[C@@H]2CC2(F)F)C(C)(C)C)C(=O)[C@@H](F)Cl)C(=O)N1. The van der Waals surface area contributed by atoms with E-state index in [1.165, 1.54) is 4.90 Å². The largest absolute Gasteiger partial charge is 0.353 e. The van der Waals surface area contributed by atoms with Crippen LogP contribution in [0.5, 0.6) is 0 Å². The van der Waals surface area contributed by atoms with Crippen LogP contribution in [0.2, 0.25) is 0 Å². The van der Waals surface area contributed by atoms with Gasteiger partial charge in [0.1, 0.15) is 18.0 Å². The van der Waals surface area contributed by atoms with Gasteiger partial charge >= 0.3 is 0 Å². The van der Waals surface area contributed by atoms with E-state index in [1.54, 1.807) is 27.7 Å². The first kappa shape index (κ1) is 30.4. The molecule has 40 heavy (non-hydrogen) atoms. The second kappa shape index (κ2) is 11.0. The number of hydrogen-bond acceptors (Lipinski definition) is 5. The van der Waals surface area contributed by atoms with Crippen LogP contribution in [-0.4, -0.2) is 82.2 Å². The van der Waals surface area contributed by atoms with Gasteiger partial charge in [0, 0.05) is 19.0 Å². The number of nitrogens with zero attached hydrogens (tertiary/aromatic N) is 2. The quantitative estimate of drug-likeness (QED) is 0.307. The Morgan fingerprint density at radius 3 is 2.38 bits per heavy atom. The molecule has 2 aliphatic carbocycles. The third-order valence-corrected chi connectivity index (χ3v) is 8.67. The summed E-state index contributed by atoms with van der Waals surface area (Å²) in [6.07, 6.45) is 2.00. The molecule has 3 N–H and O–H groups in total. The van der Waals surface area contributed by atoms with Crippen molar-refractivity contribution in [2.45, 2.75) is 89.5 Å². The third-order valence-electron chi connectivity index (χ3n) is 8.48. The van der Waals surface area contributed by atoms with Gasteiger partial charge in [0.2, 0.25) is 17.7 Å². The standard InChI is InChI=1S/C26H37ClF3N5O5/c1-12-8-14(20(36)31-12)11-35(24(40)19(27)28)33-22(38)17-15-7-5-6-13(15)10-34(17)23(39)18(25(2,3)4)32-21(37)16-9-26(16,29)30/h12-19H,5-11H2,1-4H3,(H,31,36)(H,32,37)(H,33,38)/t12-,13+,14-,15+,16+,17+,18-,19-/m1/s1. The first-order valence-corrected chi connectivity index (χ1v) is 14.1. The van der Waals surface area contributed by atoms with Crippen LogP contribution in [0.4, 0.5) is 13.2 Å². The summed E-state index contributed by atoms with van der Waals surface area (Å²) >= 11 is 5.41. The van der Waals surface area contributed by atoms with Gasteiger partial charge in [0.15, 0.2) is 0 Å². The molecule has 2 aliphatic heterocycles. The van der Waals surface area contributed by atoms with Crippen LogP contribution in [0, 0.1) is 29.1 Å². The van der Waals surface area contributed by atoms with E-state index in [9.17, 15) is 37.1 Å². The number of rotatable bonds is 7. The van der Waals surface area contributed by atoms with Gasteiger partial charge in [-0.05, 0) is 43.4 Å². The zero-order chi connectivity index (χ0) is 29.7. The fourth-order valence-corrected chi connectivity index (χ4v) is 6.38. The van der Waals surface area contributed by atoms with Crippen LogP contribution in [0.3, 0.4) is 0 Å². The van der Waals surface area contributed by atoms with E-state index in [-0.39, 0.29) is 36.9 Å². The summed E-state index contributed by atoms with van der Waals surface area (Å²) in [5.74, 6) is -9.42. The lowest BCUT2D eigenvalue weighted by molar-refractivity contribution is -0.150. The van der Waals surface area contributed by atoms with Crippen LogP contribution in [-0.2, 0) is 24.0 Å². The van der Waals surface area contributed by atoms with E-state index in [0.29, 0.717) is 17.9 Å². The van der Waals surface area contributed by atoms with Crippen molar-refractivity contribution in [3.63, 3.8) is 0 Å². The lowest BCUT2D eigenvalue weighted by Crippen LogP contribution is -2.61. The molecule has 4 fully saturated rings. The van der Waals surface area contributed by atoms with Crippen molar-refractivity contribution in [1.82, 2.24) is 26.0 Å². The van der Waals surface area contributed by atoms with E-state index >= 15 is 0 Å². The van der Waals surface area contributed by atoms with E-state index in [4.69, 9.17) is 11.6 Å². The van der Waals surface area contributed by atoms with Crippen molar-refractivity contribution in [1.29, 1.82) is 0 Å². The molecule has 8 atom stereocenters. The van der Waals surface area contributed by atoms with Gasteiger partial charge in [-0.1, -0.05) is 38.8 Å². The van der Waals surface area contributed by atoms with Crippen LogP contribution in [0.15, 0.2) is 0 Å². The van der Waals surface area contributed by atoms with Crippen LogP contribution in [0.25, 0.3) is 0 Å². The van der Waals surface area contributed by atoms with Crippen molar-refractivity contribution in [2.24, 2.45) is 29.1 Å². The highest BCUT2D eigenvalue weighted by Gasteiger charge is 2.62. The molecular weight excluding hydrogens is 555 g/mol. The monoisotopic (exact) mass is 591 g/mol. The predicted octanol–water partition coefficient (Wildman–Crippen LogP) is 1.72. The number of carbonyl (C=O) groups excluding carboxylic acids is 5. The van der Waals surface area contributed by atoms with E-state index in [0.717, 1.165) is 12.8 Å². The highest BCUT2D eigenvalue weighted by molar-refractivity contribution is 6.29. The Morgan fingerprint density at radius 1 is 1.20 bits per heavy atom. The van der Waals surface area contributed by atoms with Crippen molar-refractivity contribution >= 4 is 41.1 Å². The topological polar surface area (TPSA) is 128 Å². The second-order valence-electron chi connectivity index (χ2n) is 12.7. The smallest absolute Gasteiger partial charge is 0.291 e. The number of hydrazine groups is 1. The number of fused-ring (bicyclic) bond motifs is 1. The maximum absolute atomic E-state index is 13.9. The average Bonchev–Trinajstić information content (AvgIpc) is 3.16. The van der Waals surface area contributed by atoms with Gasteiger partial charge in [-0.15, -0.1) is 0 Å². The summed E-state index contributed by atoms with van der Waals surface area (Å²) < 4.78 is 41.0. The molecule has 2 saturated heterocycles. The number of amides is 5. The summed E-state index contributed by atoms with van der Waals surface area (Å²) in [5, 5.41) is 5.90. The van der Waals surface area contributed by atoms with Gasteiger partial charge in [0.25, 0.3) is 23.4 Å². The van der Waals surface area contributed by atoms with Crippen LogP contribution >= 0.6 is 11.6 Å². The number of carbonyl (C=O) groups is 5. The molecule has 0 aromatic rings. The number of nitrogens with one attached hydrogen (secondary N) is 3. The van der Waals surface area contributed by atoms with E-state index in [1.807, 2.05) is 0 Å². The Bertz CT molecular complexity index is 1070. The van der Waals surface area contributed by atoms with Crippen LogP contribution < -0.4 is 16.1 Å². The minimum atomic E-state index is -3.11. The van der Waals surface area contributed by atoms with Crippen molar-refractivity contribution < 1.29 is 37.1 Å². The summed E-state index contributed by atoms with van der Waals surface area (Å²) in [5.41, 5.74) is -0.922. The highest BCUT2D eigenvalue weighted by Crippen LogP contribution is 2.49. The zero-order valence-corrected chi connectivity index (χ0v) is 23.8. The molecule has 0 aromatic carbocycles. The average molecular weight is 592 g/mol. The first-order valence-electron chi connectivity index (χ1n) is 13.7. The zero-order valence-electron chi connectivity index (χ0n) is 23.0. The van der Waals surface area contributed by atoms with Crippen molar-refractivity contribution in [2.75, 3.05) is 13.1 Å². The predicted molar refractivity (Wildman–Crippen MR) is 137 cm³/mol. The third kappa shape index (κ3) is 6.18. The van der Waals surface area contributed by atoms with Gasteiger partial charge in [-0.3, -0.25) is 29.4 Å². The molecule has 0 bridgehead atoms. The molecule has 0 aromatic heterocycles. The molecule has 0 radical (unpaired) electrons. The summed E-state index contributed by atoms with van der Waals surface area (Å²) in [6, 6.07) is -2.40. The summed E-state index contributed by atoms with van der Waals surface area (Å²) in [7, 11) is 0. The van der Waals surface area contributed by atoms with Gasteiger partial charge in [-0.25, -0.2) is 18.2 Å². The van der Waals surface area contributed by atoms with Gasteiger partial charge in [-0.2, -0.15) is 0 Å². The van der Waals surface area contributed by atoms with Gasteiger partial charge < -0.3 is 15.5 Å². The number of hydrogen-bond donors (Lipinski definition) is 3. The highest BCUT2D eigenvalue weighted by atomic mass is 35.5. The molecule has 4 aliphatic rings. The molecular formula is C26H37ClF3N5O5. The van der Waals surface area contributed by atoms with E-state index in [2.05, 4.69) is 16.1 Å². The van der Waals surface area contributed by atoms with E-state index < -0.39 is 70.9 Å². The number of halogens is 4. The Hall–Kier alpha value is -2.57. The normalized spacial score (nSPS) is 32.1. The van der Waals surface area contributed by atoms with Crippen molar-refractivity contribution in [3.8, 4) is 0 Å². The minimum Gasteiger partial charge on any atom is -0.353 e. The molecule has 0 unspecified atom stereocenters. The Kier molecular flexibility index (Phi) is 8.37. The summed E-state index contributed by atoms with van der Waals surface area (Å²) in [6.45, 7) is 6.73. The Balaban J connectivity index is 1.55. The molecule has 224 valence electrons. The Morgan fingerprint density at radius 2 is 1.85 bits per heavy atom. The van der Waals surface area contributed by atoms with Gasteiger partial charge in [0.05, 0.1) is 12.5 Å². The summed E-state index contributed by atoms with van der Waals surface area (Å²) in [4.78, 5) is 66.3. The maximum atomic E-state index is 13.9. The lowest BCUT2D eigenvalue weighted by Gasteiger charge is -2.37. The molecule has 0 spiro atoms. The molecule has 2 heterocycles. The lowest BCUT2D eigenvalue weighted by atomic mass is 9.85.